The third-order valence-electron chi connectivity index (χ3n) is 4.62. The summed E-state index contributed by atoms with van der Waals surface area (Å²) in [4.78, 5) is 39.3. The first-order valence-corrected chi connectivity index (χ1v) is 9.24. The highest BCUT2D eigenvalue weighted by Crippen LogP contribution is 2.11. The molecule has 1 aromatic rings. The Hall–Kier alpha value is -2.90. The van der Waals surface area contributed by atoms with Gasteiger partial charge in [-0.3, -0.25) is 14.4 Å². The van der Waals surface area contributed by atoms with Gasteiger partial charge < -0.3 is 14.5 Å². The van der Waals surface area contributed by atoms with E-state index in [4.69, 9.17) is 4.74 Å². The predicted molar refractivity (Wildman–Crippen MR) is 99.1 cm³/mol. The summed E-state index contributed by atoms with van der Waals surface area (Å²) in [6.07, 6.45) is 1.74. The number of hydrogen-bond donors (Lipinski definition) is 1. The van der Waals surface area contributed by atoms with Crippen molar-refractivity contribution in [1.29, 1.82) is 0 Å². The summed E-state index contributed by atoms with van der Waals surface area (Å²) in [5, 5.41) is 3.85. The van der Waals surface area contributed by atoms with Gasteiger partial charge in [-0.25, -0.2) is 5.43 Å². The molecule has 3 amide bonds. The zero-order valence-corrected chi connectivity index (χ0v) is 15.2. The molecule has 1 aromatic carbocycles. The quantitative estimate of drug-likeness (QED) is 0.747. The van der Waals surface area contributed by atoms with Crippen LogP contribution in [0.5, 0.6) is 5.75 Å². The van der Waals surface area contributed by atoms with Crippen molar-refractivity contribution in [2.45, 2.75) is 25.7 Å². The lowest BCUT2D eigenvalue weighted by Crippen LogP contribution is -2.52. The number of benzene rings is 1. The van der Waals surface area contributed by atoms with Crippen LogP contribution in [-0.4, -0.2) is 66.0 Å². The minimum atomic E-state index is -0.168. The Kier molecular flexibility index (Phi) is 6.40. The average Bonchev–Trinajstić information content (AvgIpc) is 2.72. The highest BCUT2D eigenvalue weighted by Gasteiger charge is 2.28. The summed E-state index contributed by atoms with van der Waals surface area (Å²) in [5.74, 6) is 0.566. The molecule has 0 radical (unpaired) electrons. The summed E-state index contributed by atoms with van der Waals surface area (Å²) in [7, 11) is 0. The molecular formula is C19H24N4O4. The van der Waals surface area contributed by atoms with Crippen LogP contribution in [0, 0.1) is 0 Å². The largest absolute Gasteiger partial charge is 0.494 e. The zero-order valence-electron chi connectivity index (χ0n) is 15.2. The molecule has 8 nitrogen and oxygen atoms in total. The van der Waals surface area contributed by atoms with Crippen molar-refractivity contribution in [2.75, 3.05) is 32.8 Å². The van der Waals surface area contributed by atoms with Gasteiger partial charge in [-0.15, -0.1) is 0 Å². The Morgan fingerprint density at radius 2 is 1.74 bits per heavy atom. The van der Waals surface area contributed by atoms with Gasteiger partial charge in [-0.1, -0.05) is 18.2 Å². The Balaban J connectivity index is 1.36. The summed E-state index contributed by atoms with van der Waals surface area (Å²) in [6, 6.07) is 9.53. The fourth-order valence-corrected chi connectivity index (χ4v) is 3.06. The van der Waals surface area contributed by atoms with Crippen LogP contribution in [0.2, 0.25) is 0 Å². The van der Waals surface area contributed by atoms with Gasteiger partial charge in [-0.05, 0) is 18.6 Å². The molecule has 0 bridgehead atoms. The Bertz CT molecular complexity index is 712. The molecule has 3 rings (SSSR count). The lowest BCUT2D eigenvalue weighted by molar-refractivity contribution is -0.136. The van der Waals surface area contributed by atoms with E-state index in [0.29, 0.717) is 57.8 Å². The van der Waals surface area contributed by atoms with Crippen LogP contribution >= 0.6 is 0 Å². The number of hydrazone groups is 1. The van der Waals surface area contributed by atoms with Gasteiger partial charge in [0.1, 0.15) is 11.5 Å². The van der Waals surface area contributed by atoms with Gasteiger partial charge in [0.2, 0.25) is 11.8 Å². The molecule has 8 heteroatoms. The van der Waals surface area contributed by atoms with E-state index in [0.717, 1.165) is 5.75 Å². The number of amides is 3. The standard InChI is InChI=1S/C19H24N4O4/c24-17-9-8-16(20-21-17)19(26)23-12-10-22(11-13-23)18(25)7-4-14-27-15-5-2-1-3-6-15/h1-3,5-6H,4,7-14H2,(H,21,24). The van der Waals surface area contributed by atoms with E-state index in [1.54, 1.807) is 9.80 Å². The molecule has 0 atom stereocenters. The van der Waals surface area contributed by atoms with Crippen LogP contribution in [-0.2, 0) is 14.4 Å². The average molecular weight is 372 g/mol. The van der Waals surface area contributed by atoms with E-state index in [2.05, 4.69) is 10.5 Å². The Labute approximate surface area is 158 Å². The van der Waals surface area contributed by atoms with Crippen molar-refractivity contribution in [3.8, 4) is 5.75 Å². The van der Waals surface area contributed by atoms with Crippen LogP contribution in [0.3, 0.4) is 0 Å². The Morgan fingerprint density at radius 3 is 2.41 bits per heavy atom. The molecule has 0 saturated carbocycles. The number of rotatable bonds is 6. The number of hydrogen-bond acceptors (Lipinski definition) is 5. The first kappa shape index (κ1) is 18.9. The molecule has 2 aliphatic heterocycles. The molecule has 27 heavy (non-hydrogen) atoms. The van der Waals surface area contributed by atoms with E-state index in [1.165, 1.54) is 0 Å². The second-order valence-electron chi connectivity index (χ2n) is 6.53. The maximum atomic E-state index is 12.4. The van der Waals surface area contributed by atoms with Crippen molar-refractivity contribution >= 4 is 23.4 Å². The molecular weight excluding hydrogens is 348 g/mol. The number of carbonyl (C=O) groups is 3. The van der Waals surface area contributed by atoms with Gasteiger partial charge in [0.15, 0.2) is 0 Å². The summed E-state index contributed by atoms with van der Waals surface area (Å²) < 4.78 is 5.60. The van der Waals surface area contributed by atoms with E-state index in [1.807, 2.05) is 30.3 Å². The molecule has 0 aliphatic carbocycles. The third-order valence-corrected chi connectivity index (χ3v) is 4.62. The molecule has 2 aliphatic rings. The molecule has 0 spiro atoms. The lowest BCUT2D eigenvalue weighted by atomic mass is 10.1. The van der Waals surface area contributed by atoms with E-state index >= 15 is 0 Å². The number of piperazine rings is 1. The molecule has 1 N–H and O–H groups in total. The first-order chi connectivity index (χ1) is 13.1. The van der Waals surface area contributed by atoms with Gasteiger partial charge in [0.25, 0.3) is 5.91 Å². The zero-order chi connectivity index (χ0) is 19.1. The second-order valence-corrected chi connectivity index (χ2v) is 6.53. The van der Waals surface area contributed by atoms with E-state index in [-0.39, 0.29) is 24.1 Å². The third kappa shape index (κ3) is 5.29. The van der Waals surface area contributed by atoms with Gasteiger partial charge >= 0.3 is 0 Å². The fraction of sp³-hybridized carbons (Fsp3) is 0.474. The fourth-order valence-electron chi connectivity index (χ4n) is 3.06. The number of carbonyl (C=O) groups excluding carboxylic acids is 3. The molecule has 1 fully saturated rings. The summed E-state index contributed by atoms with van der Waals surface area (Å²) in [5.41, 5.74) is 2.73. The van der Waals surface area contributed by atoms with Crippen molar-refractivity contribution in [2.24, 2.45) is 5.10 Å². The van der Waals surface area contributed by atoms with Crippen molar-refractivity contribution < 1.29 is 19.1 Å². The SMILES string of the molecule is O=C1CCC(C(=O)N2CCN(C(=O)CCCOc3ccccc3)CC2)=NN1. The molecule has 144 valence electrons. The number of nitrogens with one attached hydrogen (secondary N) is 1. The van der Waals surface area contributed by atoms with E-state index in [9.17, 15) is 14.4 Å². The molecule has 0 aromatic heterocycles. The molecule has 0 unspecified atom stereocenters. The molecule has 2 heterocycles. The van der Waals surface area contributed by atoms with Gasteiger partial charge in [-0.2, -0.15) is 5.10 Å². The van der Waals surface area contributed by atoms with Crippen molar-refractivity contribution in [3.63, 3.8) is 0 Å². The van der Waals surface area contributed by atoms with Crippen LogP contribution < -0.4 is 10.2 Å². The van der Waals surface area contributed by atoms with E-state index < -0.39 is 0 Å². The first-order valence-electron chi connectivity index (χ1n) is 9.24. The number of ether oxygens (including phenoxy) is 1. The van der Waals surface area contributed by atoms with Crippen LogP contribution in [0.1, 0.15) is 25.7 Å². The highest BCUT2D eigenvalue weighted by atomic mass is 16.5. The summed E-state index contributed by atoms with van der Waals surface area (Å²) in [6.45, 7) is 2.50. The topological polar surface area (TPSA) is 91.3 Å². The van der Waals surface area contributed by atoms with Crippen LogP contribution in [0.15, 0.2) is 35.4 Å². The highest BCUT2D eigenvalue weighted by molar-refractivity contribution is 6.39. The lowest BCUT2D eigenvalue weighted by Gasteiger charge is -2.35. The maximum absolute atomic E-state index is 12.4. The number of para-hydroxylation sites is 1. The Morgan fingerprint density at radius 1 is 1.04 bits per heavy atom. The van der Waals surface area contributed by atoms with Gasteiger partial charge in [0.05, 0.1) is 6.61 Å². The smallest absolute Gasteiger partial charge is 0.270 e. The molecule has 1 saturated heterocycles. The van der Waals surface area contributed by atoms with Crippen molar-refractivity contribution in [1.82, 2.24) is 15.2 Å². The van der Waals surface area contributed by atoms with Gasteiger partial charge in [0, 0.05) is 45.4 Å². The van der Waals surface area contributed by atoms with Crippen LogP contribution in [0.25, 0.3) is 0 Å². The summed E-state index contributed by atoms with van der Waals surface area (Å²) >= 11 is 0. The van der Waals surface area contributed by atoms with Crippen LogP contribution in [0.4, 0.5) is 0 Å². The number of nitrogens with zero attached hydrogens (tertiary/aromatic N) is 3. The predicted octanol–water partition coefficient (Wildman–Crippen LogP) is 0.782. The minimum absolute atomic E-state index is 0.0843. The minimum Gasteiger partial charge on any atom is -0.494 e. The maximum Gasteiger partial charge on any atom is 0.270 e. The second kappa shape index (κ2) is 9.16. The van der Waals surface area contributed by atoms with Crippen molar-refractivity contribution in [3.05, 3.63) is 30.3 Å². The normalized spacial score (nSPS) is 17.2. The monoisotopic (exact) mass is 372 g/mol.